The van der Waals surface area contributed by atoms with E-state index in [1.807, 2.05) is 0 Å². The van der Waals surface area contributed by atoms with Gasteiger partial charge in [0.15, 0.2) is 0 Å². The van der Waals surface area contributed by atoms with Crippen molar-refractivity contribution in [2.24, 2.45) is 5.10 Å². The molecule has 1 aromatic heterocycles. The maximum Gasteiger partial charge on any atom is 0.460 e. The fraction of sp³-hybridized carbons (Fsp3) is 0.190. The lowest BCUT2D eigenvalue weighted by Gasteiger charge is -2.27. The summed E-state index contributed by atoms with van der Waals surface area (Å²) in [6, 6.07) is 11.5. The summed E-state index contributed by atoms with van der Waals surface area (Å²) in [6.45, 7) is 1.47. The minimum atomic E-state index is -6.63. The van der Waals surface area contributed by atoms with Crippen molar-refractivity contribution >= 4 is 56.2 Å². The van der Waals surface area contributed by atoms with E-state index in [4.69, 9.17) is 11.6 Å². The zero-order valence-corrected chi connectivity index (χ0v) is 18.9. The van der Waals surface area contributed by atoms with E-state index in [2.05, 4.69) is 10.5 Å². The Balaban J connectivity index is 1.69. The average Bonchev–Trinajstić information content (AvgIpc) is 3.13. The van der Waals surface area contributed by atoms with Gasteiger partial charge in [0.1, 0.15) is 4.88 Å². The Morgan fingerprint density at radius 1 is 0.943 bits per heavy atom. The van der Waals surface area contributed by atoms with Gasteiger partial charge in [0.05, 0.1) is 10.7 Å². The van der Waals surface area contributed by atoms with Gasteiger partial charge in [-0.2, -0.15) is 35.8 Å². The van der Waals surface area contributed by atoms with Gasteiger partial charge in [-0.15, -0.1) is 11.3 Å². The predicted molar refractivity (Wildman–Crippen MR) is 118 cm³/mol. The lowest BCUT2D eigenvalue weighted by atomic mass is 10.1. The number of fused-ring (bicyclic) bond motifs is 1. The largest absolute Gasteiger partial charge is 0.460 e. The molecule has 2 amide bonds. The molecule has 3 rings (SSSR count). The van der Waals surface area contributed by atoms with Crippen LogP contribution in [0.15, 0.2) is 53.6 Å². The topological polar surface area (TPSA) is 70.6 Å². The third-order valence-electron chi connectivity index (χ3n) is 4.66. The number of halogens is 8. The average molecular weight is 540 g/mol. The highest BCUT2D eigenvalue weighted by atomic mass is 35.5. The van der Waals surface area contributed by atoms with Crippen LogP contribution in [0.25, 0.3) is 10.1 Å². The summed E-state index contributed by atoms with van der Waals surface area (Å²) >= 11 is 7.39. The van der Waals surface area contributed by atoms with Crippen LogP contribution >= 0.6 is 22.9 Å². The molecule has 35 heavy (non-hydrogen) atoms. The molecular weight excluding hydrogens is 527 g/mol. The molecular formula is C21H13ClF7N3O2S. The number of hydrogen-bond acceptors (Lipinski definition) is 4. The van der Waals surface area contributed by atoms with Crippen molar-refractivity contribution in [2.45, 2.75) is 24.9 Å². The Kier molecular flexibility index (Phi) is 7.14. The number of hydrazone groups is 1. The molecule has 2 aromatic carbocycles. The second-order valence-corrected chi connectivity index (χ2v) is 8.49. The summed E-state index contributed by atoms with van der Waals surface area (Å²) in [5, 5.41) is 6.18. The molecule has 0 aliphatic heterocycles. The minimum absolute atomic E-state index is 0.221. The summed E-state index contributed by atoms with van der Waals surface area (Å²) in [5.41, 5.74) is 2.39. The van der Waals surface area contributed by atoms with E-state index >= 15 is 0 Å². The van der Waals surface area contributed by atoms with Crippen molar-refractivity contribution in [1.29, 1.82) is 0 Å². The second kappa shape index (κ2) is 9.46. The third kappa shape index (κ3) is 5.10. The number of hydrogen-bond donors (Lipinski definition) is 2. The Bertz CT molecular complexity index is 1300. The monoisotopic (exact) mass is 539 g/mol. The first-order valence-corrected chi connectivity index (χ1v) is 10.6. The second-order valence-electron chi connectivity index (χ2n) is 7.06. The van der Waals surface area contributed by atoms with Gasteiger partial charge in [0.2, 0.25) is 0 Å². The summed E-state index contributed by atoms with van der Waals surface area (Å²) < 4.78 is 90.3. The highest BCUT2D eigenvalue weighted by molar-refractivity contribution is 7.21. The molecule has 5 nitrogen and oxygen atoms in total. The number of nitrogens with zero attached hydrogens (tertiary/aromatic N) is 1. The molecule has 0 bridgehead atoms. The first kappa shape index (κ1) is 26.4. The van der Waals surface area contributed by atoms with E-state index in [9.17, 15) is 40.3 Å². The van der Waals surface area contributed by atoms with Crippen molar-refractivity contribution in [1.82, 2.24) is 5.43 Å². The number of anilines is 1. The third-order valence-corrected chi connectivity index (χ3v) is 6.34. The maximum atomic E-state index is 13.4. The molecule has 1 heterocycles. The Morgan fingerprint density at radius 2 is 1.54 bits per heavy atom. The summed E-state index contributed by atoms with van der Waals surface area (Å²) in [5.74, 6) is -16.0. The highest BCUT2D eigenvalue weighted by Crippen LogP contribution is 2.46. The smallest absolute Gasteiger partial charge is 0.321 e. The molecule has 0 saturated carbocycles. The Labute approximate surface area is 201 Å². The molecule has 0 unspecified atom stereocenters. The normalized spacial score (nSPS) is 13.1. The summed E-state index contributed by atoms with van der Waals surface area (Å²) in [7, 11) is 0. The summed E-state index contributed by atoms with van der Waals surface area (Å²) in [4.78, 5) is 24.1. The quantitative estimate of drug-likeness (QED) is 0.214. The molecule has 14 heteroatoms. The molecule has 186 valence electrons. The number of carbonyl (C=O) groups is 2. The predicted octanol–water partition coefficient (Wildman–Crippen LogP) is 6.48. The lowest BCUT2D eigenvalue weighted by molar-refractivity contribution is -0.343. The van der Waals surface area contributed by atoms with E-state index in [1.54, 1.807) is 24.3 Å². The van der Waals surface area contributed by atoms with E-state index in [0.717, 1.165) is 28.2 Å². The summed E-state index contributed by atoms with van der Waals surface area (Å²) in [6.07, 6.45) is -6.63. The molecule has 0 aliphatic carbocycles. The number of benzene rings is 2. The fourth-order valence-corrected chi connectivity index (χ4v) is 4.14. The van der Waals surface area contributed by atoms with Crippen LogP contribution < -0.4 is 10.7 Å². The van der Waals surface area contributed by atoms with Crippen LogP contribution in [0, 0.1) is 0 Å². The van der Waals surface area contributed by atoms with Crippen LogP contribution in [0.5, 0.6) is 0 Å². The van der Waals surface area contributed by atoms with Gasteiger partial charge in [-0.1, -0.05) is 41.9 Å². The van der Waals surface area contributed by atoms with E-state index in [1.165, 1.54) is 24.4 Å². The van der Waals surface area contributed by atoms with Crippen molar-refractivity contribution < 1.29 is 40.3 Å². The highest BCUT2D eigenvalue weighted by Gasteiger charge is 2.76. The Hall–Kier alpha value is -3.19. The van der Waals surface area contributed by atoms with Gasteiger partial charge in [-0.05, 0) is 30.7 Å². The molecule has 2 N–H and O–H groups in total. The SMILES string of the molecule is C/C(=N\NC(=O)c1sc2ccccc2c1Cl)c1ccc(NC(=O)C(F)(F)C(F)(F)C(F)(F)F)cc1. The van der Waals surface area contributed by atoms with E-state index < -0.39 is 35.5 Å². The fourth-order valence-electron chi connectivity index (χ4n) is 2.73. The zero-order chi connectivity index (χ0) is 26.2. The van der Waals surface area contributed by atoms with Crippen LogP contribution in [-0.4, -0.2) is 35.5 Å². The van der Waals surface area contributed by atoms with Crippen molar-refractivity contribution in [3.8, 4) is 0 Å². The minimum Gasteiger partial charge on any atom is -0.321 e. The molecule has 0 aliphatic rings. The van der Waals surface area contributed by atoms with Crippen LogP contribution in [-0.2, 0) is 4.79 Å². The molecule has 0 fully saturated rings. The number of rotatable bonds is 6. The van der Waals surface area contributed by atoms with Gasteiger partial charge in [0, 0.05) is 15.8 Å². The molecule has 0 saturated heterocycles. The molecule has 0 atom stereocenters. The number of thiophene rings is 1. The maximum absolute atomic E-state index is 13.4. The molecule has 3 aromatic rings. The Morgan fingerprint density at radius 3 is 2.11 bits per heavy atom. The number of nitrogens with one attached hydrogen (secondary N) is 2. The van der Waals surface area contributed by atoms with Crippen molar-refractivity contribution in [3.05, 3.63) is 64.0 Å². The van der Waals surface area contributed by atoms with Crippen molar-refractivity contribution in [2.75, 3.05) is 5.32 Å². The van der Waals surface area contributed by atoms with Crippen molar-refractivity contribution in [3.63, 3.8) is 0 Å². The van der Waals surface area contributed by atoms with E-state index in [0.29, 0.717) is 10.9 Å². The lowest BCUT2D eigenvalue weighted by Crippen LogP contribution is -2.57. The molecule has 0 spiro atoms. The van der Waals surface area contributed by atoms with E-state index in [-0.39, 0.29) is 15.6 Å². The van der Waals surface area contributed by atoms with Gasteiger partial charge in [-0.3, -0.25) is 9.59 Å². The van der Waals surface area contributed by atoms with Gasteiger partial charge < -0.3 is 5.32 Å². The van der Waals surface area contributed by atoms with Crippen LogP contribution in [0.1, 0.15) is 22.2 Å². The van der Waals surface area contributed by atoms with Crippen LogP contribution in [0.4, 0.5) is 36.4 Å². The van der Waals surface area contributed by atoms with Gasteiger partial charge >= 0.3 is 23.9 Å². The standard InChI is InChI=1S/C21H13ClF7N3O2S/c1-10(31-32-17(33)16-15(22)13-4-2-3-5-14(13)35-16)11-6-8-12(9-7-11)30-18(34)19(23,24)20(25,26)21(27,28)29/h2-9H,1H3,(H,30,34)(H,32,33)/b31-10+. The number of alkyl halides is 7. The first-order valence-electron chi connectivity index (χ1n) is 9.42. The van der Waals surface area contributed by atoms with Gasteiger partial charge in [0.25, 0.3) is 5.91 Å². The van der Waals surface area contributed by atoms with Crippen LogP contribution in [0.3, 0.4) is 0 Å². The number of amides is 2. The number of carbonyl (C=O) groups excluding carboxylic acids is 2. The molecule has 0 radical (unpaired) electrons. The zero-order valence-electron chi connectivity index (χ0n) is 17.3. The first-order chi connectivity index (χ1) is 16.2. The van der Waals surface area contributed by atoms with Gasteiger partial charge in [-0.25, -0.2) is 5.43 Å². The van der Waals surface area contributed by atoms with Crippen LogP contribution in [0.2, 0.25) is 5.02 Å².